The van der Waals surface area contributed by atoms with Crippen molar-refractivity contribution in [3.63, 3.8) is 0 Å². The second-order valence-electron chi connectivity index (χ2n) is 6.01. The monoisotopic (exact) mass is 350 g/mol. The lowest BCUT2D eigenvalue weighted by Gasteiger charge is -2.28. The van der Waals surface area contributed by atoms with Crippen molar-refractivity contribution in [2.24, 2.45) is 5.92 Å². The molecule has 1 saturated heterocycles. The van der Waals surface area contributed by atoms with Crippen LogP contribution in [0.3, 0.4) is 0 Å². The van der Waals surface area contributed by atoms with Gasteiger partial charge in [0, 0.05) is 29.3 Å². The summed E-state index contributed by atoms with van der Waals surface area (Å²) in [6.45, 7) is 1.05. The molecule has 7 heteroatoms. The summed E-state index contributed by atoms with van der Waals surface area (Å²) in [7, 11) is 0. The summed E-state index contributed by atoms with van der Waals surface area (Å²) in [6.07, 6.45) is 3.34. The van der Waals surface area contributed by atoms with Crippen LogP contribution in [-0.2, 0) is 20.9 Å². The zero-order valence-corrected chi connectivity index (χ0v) is 13.8. The summed E-state index contributed by atoms with van der Waals surface area (Å²) in [5.74, 6) is -1.57. The number of aromatic nitrogens is 1. The molecule has 2 atom stereocenters. The summed E-state index contributed by atoms with van der Waals surface area (Å²) in [5, 5.41) is 13.6. The van der Waals surface area contributed by atoms with E-state index in [9.17, 15) is 14.7 Å². The molecule has 2 N–H and O–H groups in total. The van der Waals surface area contributed by atoms with E-state index in [1.807, 2.05) is 12.1 Å². The molecule has 1 aromatic heterocycles. The summed E-state index contributed by atoms with van der Waals surface area (Å²) in [5.41, 5.74) is 0.838. The van der Waals surface area contributed by atoms with E-state index in [1.54, 1.807) is 22.9 Å². The average Bonchev–Trinajstić information content (AvgIpc) is 2.95. The number of amides is 1. The number of rotatable bonds is 5. The van der Waals surface area contributed by atoms with Crippen molar-refractivity contribution in [2.45, 2.75) is 25.4 Å². The minimum atomic E-state index is -1.03. The number of benzene rings is 1. The molecule has 2 aromatic rings. The fourth-order valence-electron chi connectivity index (χ4n) is 3.08. The highest BCUT2D eigenvalue weighted by molar-refractivity contribution is 6.31. The number of nitrogens with zero attached hydrogens (tertiary/aromatic N) is 1. The number of carboxylic acid groups (broad SMARTS) is 1. The van der Waals surface area contributed by atoms with Crippen molar-refractivity contribution < 1.29 is 19.4 Å². The number of nitrogens with one attached hydrogen (secondary N) is 1. The second kappa shape index (κ2) is 7.23. The molecule has 0 radical (unpaired) electrons. The highest BCUT2D eigenvalue weighted by atomic mass is 35.5. The largest absolute Gasteiger partial charge is 0.480 e. The number of aliphatic carboxylic acids is 1. The van der Waals surface area contributed by atoms with E-state index in [0.717, 1.165) is 23.7 Å². The van der Waals surface area contributed by atoms with Gasteiger partial charge in [-0.15, -0.1) is 0 Å². The van der Waals surface area contributed by atoms with Crippen LogP contribution < -0.4 is 5.32 Å². The standard InChI is InChI=1S/C17H19ClN2O4/c18-13-4-3-11-5-6-20(14(11)8-13)9-15(21)19-16(17(22)23)12-2-1-7-24-10-12/h3-6,8,12,16H,1-2,7,9-10H2,(H,19,21)(H,22,23). The number of hydrogen-bond acceptors (Lipinski definition) is 3. The average molecular weight is 351 g/mol. The van der Waals surface area contributed by atoms with Crippen LogP contribution in [0.1, 0.15) is 12.8 Å². The summed E-state index contributed by atoms with van der Waals surface area (Å²) in [4.78, 5) is 23.8. The van der Waals surface area contributed by atoms with Crippen LogP contribution in [-0.4, -0.2) is 40.8 Å². The van der Waals surface area contributed by atoms with Gasteiger partial charge in [-0.25, -0.2) is 4.79 Å². The van der Waals surface area contributed by atoms with E-state index in [-0.39, 0.29) is 18.4 Å². The van der Waals surface area contributed by atoms with Crippen LogP contribution in [0.25, 0.3) is 10.9 Å². The normalized spacial score (nSPS) is 19.1. The zero-order valence-electron chi connectivity index (χ0n) is 13.1. The third-order valence-electron chi connectivity index (χ3n) is 4.30. The molecule has 0 saturated carbocycles. The number of carboxylic acids is 1. The Kier molecular flexibility index (Phi) is 5.06. The number of carbonyl (C=O) groups is 2. The van der Waals surface area contributed by atoms with E-state index in [4.69, 9.17) is 16.3 Å². The number of fused-ring (bicyclic) bond motifs is 1. The van der Waals surface area contributed by atoms with E-state index in [2.05, 4.69) is 5.32 Å². The summed E-state index contributed by atoms with van der Waals surface area (Å²) < 4.78 is 7.09. The van der Waals surface area contributed by atoms with Crippen LogP contribution in [0.2, 0.25) is 5.02 Å². The van der Waals surface area contributed by atoms with Crippen molar-refractivity contribution in [3.8, 4) is 0 Å². The Hall–Kier alpha value is -2.05. The fraction of sp³-hybridized carbons (Fsp3) is 0.412. The van der Waals surface area contributed by atoms with Gasteiger partial charge in [0.2, 0.25) is 5.91 Å². The molecule has 2 unspecified atom stereocenters. The van der Waals surface area contributed by atoms with Crippen LogP contribution in [0.4, 0.5) is 0 Å². The Morgan fingerprint density at radius 3 is 2.96 bits per heavy atom. The fourth-order valence-corrected chi connectivity index (χ4v) is 3.24. The van der Waals surface area contributed by atoms with Gasteiger partial charge in [0.25, 0.3) is 0 Å². The molecule has 1 aromatic carbocycles. The predicted octanol–water partition coefficient (Wildman–Crippen LogP) is 2.29. The van der Waals surface area contributed by atoms with Crippen molar-refractivity contribution in [3.05, 3.63) is 35.5 Å². The molecule has 0 bridgehead atoms. The molecule has 1 aliphatic rings. The van der Waals surface area contributed by atoms with Crippen LogP contribution in [0.15, 0.2) is 30.5 Å². The first-order valence-electron chi connectivity index (χ1n) is 7.89. The Bertz CT molecular complexity index is 752. The first-order chi connectivity index (χ1) is 11.5. The van der Waals surface area contributed by atoms with Crippen LogP contribution in [0, 0.1) is 5.92 Å². The lowest BCUT2D eigenvalue weighted by molar-refractivity contribution is -0.145. The number of halogens is 1. The molecule has 128 valence electrons. The molecule has 6 nitrogen and oxygen atoms in total. The maximum absolute atomic E-state index is 12.3. The van der Waals surface area contributed by atoms with Gasteiger partial charge >= 0.3 is 5.97 Å². The van der Waals surface area contributed by atoms with Gasteiger partial charge in [0.1, 0.15) is 12.6 Å². The minimum Gasteiger partial charge on any atom is -0.480 e. The van der Waals surface area contributed by atoms with Gasteiger partial charge in [-0.05, 0) is 36.4 Å². The van der Waals surface area contributed by atoms with E-state index in [1.165, 1.54) is 0 Å². The highest BCUT2D eigenvalue weighted by Gasteiger charge is 2.31. The molecule has 2 heterocycles. The maximum atomic E-state index is 12.3. The van der Waals surface area contributed by atoms with Crippen LogP contribution >= 0.6 is 11.6 Å². The maximum Gasteiger partial charge on any atom is 0.326 e. The van der Waals surface area contributed by atoms with Crippen molar-refractivity contribution >= 4 is 34.4 Å². The molecule has 1 aliphatic heterocycles. The third kappa shape index (κ3) is 3.71. The molecule has 24 heavy (non-hydrogen) atoms. The predicted molar refractivity (Wildman–Crippen MR) is 90.1 cm³/mol. The minimum absolute atomic E-state index is 0.0429. The second-order valence-corrected chi connectivity index (χ2v) is 6.44. The van der Waals surface area contributed by atoms with E-state index >= 15 is 0 Å². The Morgan fingerprint density at radius 1 is 1.42 bits per heavy atom. The molecular weight excluding hydrogens is 332 g/mol. The SMILES string of the molecule is O=C(Cn1ccc2ccc(Cl)cc21)NC(C(=O)O)C1CCCOC1. The van der Waals surface area contributed by atoms with Gasteiger partial charge in [-0.2, -0.15) is 0 Å². The quantitative estimate of drug-likeness (QED) is 0.867. The van der Waals surface area contributed by atoms with Gasteiger partial charge in [0.15, 0.2) is 0 Å². The van der Waals surface area contributed by atoms with Gasteiger partial charge < -0.3 is 19.7 Å². The zero-order chi connectivity index (χ0) is 17.1. The molecule has 1 amide bonds. The summed E-state index contributed by atoms with van der Waals surface area (Å²) in [6, 6.07) is 6.42. The first kappa shape index (κ1) is 16.8. The topological polar surface area (TPSA) is 80.6 Å². The lowest BCUT2D eigenvalue weighted by atomic mass is 9.93. The smallest absolute Gasteiger partial charge is 0.326 e. The Balaban J connectivity index is 1.70. The molecular formula is C17H19ClN2O4. The van der Waals surface area contributed by atoms with E-state index in [0.29, 0.717) is 18.2 Å². The lowest BCUT2D eigenvalue weighted by Crippen LogP contribution is -2.49. The molecule has 0 spiro atoms. The Morgan fingerprint density at radius 2 is 2.25 bits per heavy atom. The molecule has 0 aliphatic carbocycles. The number of hydrogen-bond donors (Lipinski definition) is 2. The number of ether oxygens (including phenoxy) is 1. The van der Waals surface area contributed by atoms with Crippen molar-refractivity contribution in [1.29, 1.82) is 0 Å². The van der Waals surface area contributed by atoms with Crippen molar-refractivity contribution in [2.75, 3.05) is 13.2 Å². The molecule has 1 fully saturated rings. The third-order valence-corrected chi connectivity index (χ3v) is 4.53. The van der Waals surface area contributed by atoms with Gasteiger partial charge in [-0.1, -0.05) is 17.7 Å². The summed E-state index contributed by atoms with van der Waals surface area (Å²) >= 11 is 6.01. The van der Waals surface area contributed by atoms with E-state index < -0.39 is 12.0 Å². The van der Waals surface area contributed by atoms with Gasteiger partial charge in [-0.3, -0.25) is 4.79 Å². The first-order valence-corrected chi connectivity index (χ1v) is 8.26. The molecule has 3 rings (SSSR count). The van der Waals surface area contributed by atoms with Crippen LogP contribution in [0.5, 0.6) is 0 Å². The van der Waals surface area contributed by atoms with Crippen molar-refractivity contribution in [1.82, 2.24) is 9.88 Å². The highest BCUT2D eigenvalue weighted by Crippen LogP contribution is 2.21. The van der Waals surface area contributed by atoms with Gasteiger partial charge in [0.05, 0.1) is 6.61 Å². The Labute approximate surface area is 144 Å². The number of carbonyl (C=O) groups excluding carboxylic acids is 1.